The summed E-state index contributed by atoms with van der Waals surface area (Å²) >= 11 is 0. The molecule has 1 aliphatic heterocycles. The van der Waals surface area contributed by atoms with Crippen molar-refractivity contribution in [2.75, 3.05) is 20.1 Å². The number of nitrogens with zero attached hydrogens (tertiary/aromatic N) is 2. The Hall–Kier alpha value is -1.38. The number of hydrogen-bond donors (Lipinski definition) is 2. The third-order valence-electron chi connectivity index (χ3n) is 4.42. The van der Waals surface area contributed by atoms with E-state index in [1.165, 1.54) is 6.07 Å². The first-order valence-electron chi connectivity index (χ1n) is 8.63. The highest BCUT2D eigenvalue weighted by Crippen LogP contribution is 2.17. The normalized spacial score (nSPS) is 15.7. The van der Waals surface area contributed by atoms with Gasteiger partial charge in [-0.2, -0.15) is 0 Å². The lowest BCUT2D eigenvalue weighted by Crippen LogP contribution is -2.41. The van der Waals surface area contributed by atoms with Crippen molar-refractivity contribution in [2.45, 2.75) is 45.2 Å². The van der Waals surface area contributed by atoms with E-state index in [4.69, 9.17) is 0 Å². The first kappa shape index (κ1) is 21.7. The van der Waals surface area contributed by atoms with Crippen LogP contribution in [0.15, 0.2) is 29.3 Å². The van der Waals surface area contributed by atoms with E-state index in [1.54, 1.807) is 19.2 Å². The molecule has 0 aliphatic carbocycles. The van der Waals surface area contributed by atoms with Gasteiger partial charge in [0.25, 0.3) is 0 Å². The molecule has 1 aromatic carbocycles. The number of amides is 1. The Morgan fingerprint density at radius 2 is 2.12 bits per heavy atom. The number of nitrogens with one attached hydrogen (secondary N) is 2. The van der Waals surface area contributed by atoms with Gasteiger partial charge < -0.3 is 15.5 Å². The lowest BCUT2D eigenvalue weighted by molar-refractivity contribution is -0.129. The van der Waals surface area contributed by atoms with E-state index in [1.807, 2.05) is 11.0 Å². The van der Waals surface area contributed by atoms with Crippen LogP contribution in [0.5, 0.6) is 0 Å². The Morgan fingerprint density at radius 3 is 2.72 bits per heavy atom. The second-order valence-corrected chi connectivity index (χ2v) is 5.99. The number of aliphatic imine (C=N–C) groups is 1. The Labute approximate surface area is 166 Å². The minimum Gasteiger partial charge on any atom is -0.356 e. The van der Waals surface area contributed by atoms with Crippen molar-refractivity contribution in [1.82, 2.24) is 15.5 Å². The molecule has 0 saturated carbocycles. The number of guanidine groups is 1. The van der Waals surface area contributed by atoms with Crippen LogP contribution in [-0.2, 0) is 11.3 Å². The van der Waals surface area contributed by atoms with Crippen LogP contribution in [0.2, 0.25) is 0 Å². The molecule has 0 spiro atoms. The summed E-state index contributed by atoms with van der Waals surface area (Å²) in [6.45, 7) is 4.09. The fourth-order valence-corrected chi connectivity index (χ4v) is 3.03. The summed E-state index contributed by atoms with van der Waals surface area (Å²) in [5, 5.41) is 6.36. The van der Waals surface area contributed by atoms with Crippen LogP contribution in [0.25, 0.3) is 0 Å². The van der Waals surface area contributed by atoms with E-state index in [2.05, 4.69) is 22.5 Å². The summed E-state index contributed by atoms with van der Waals surface area (Å²) in [7, 11) is 1.69. The first-order valence-corrected chi connectivity index (χ1v) is 8.63. The van der Waals surface area contributed by atoms with Crippen LogP contribution >= 0.6 is 24.0 Å². The molecule has 0 aromatic heterocycles. The zero-order chi connectivity index (χ0) is 17.4. The number of halogens is 2. The van der Waals surface area contributed by atoms with Gasteiger partial charge >= 0.3 is 0 Å². The largest absolute Gasteiger partial charge is 0.356 e. The number of hydrogen-bond acceptors (Lipinski definition) is 2. The van der Waals surface area contributed by atoms with Gasteiger partial charge in [-0.15, -0.1) is 24.0 Å². The van der Waals surface area contributed by atoms with E-state index in [0.717, 1.165) is 32.4 Å². The number of rotatable bonds is 7. The van der Waals surface area contributed by atoms with E-state index in [0.29, 0.717) is 24.5 Å². The van der Waals surface area contributed by atoms with Gasteiger partial charge in [0, 0.05) is 44.7 Å². The number of likely N-dealkylation sites (tertiary alicyclic amines) is 1. The predicted molar refractivity (Wildman–Crippen MR) is 110 cm³/mol. The van der Waals surface area contributed by atoms with Crippen molar-refractivity contribution in [1.29, 1.82) is 0 Å². The molecule has 0 bridgehead atoms. The van der Waals surface area contributed by atoms with Gasteiger partial charge in [-0.25, -0.2) is 4.39 Å². The lowest BCUT2D eigenvalue weighted by Gasteiger charge is -2.27. The second-order valence-electron chi connectivity index (χ2n) is 5.99. The highest BCUT2D eigenvalue weighted by molar-refractivity contribution is 14.0. The minimum atomic E-state index is -0.223. The Morgan fingerprint density at radius 1 is 1.36 bits per heavy atom. The fraction of sp³-hybridized carbons (Fsp3) is 0.556. The van der Waals surface area contributed by atoms with Crippen molar-refractivity contribution in [3.05, 3.63) is 35.6 Å². The number of carbonyl (C=O) groups is 1. The predicted octanol–water partition coefficient (Wildman–Crippen LogP) is 2.90. The first-order chi connectivity index (χ1) is 11.7. The molecule has 1 aliphatic rings. The molecule has 1 amide bonds. The SMILES string of the molecule is CCC(CCNC(=NC)NCc1ccccc1F)N1CCCC1=O.I. The zero-order valence-corrected chi connectivity index (χ0v) is 17.3. The molecule has 2 N–H and O–H groups in total. The van der Waals surface area contributed by atoms with Crippen LogP contribution in [0, 0.1) is 5.82 Å². The molecule has 0 radical (unpaired) electrons. The van der Waals surface area contributed by atoms with Crippen LogP contribution in [0.1, 0.15) is 38.2 Å². The smallest absolute Gasteiger partial charge is 0.222 e. The van der Waals surface area contributed by atoms with Gasteiger partial charge in [-0.1, -0.05) is 25.1 Å². The third kappa shape index (κ3) is 6.45. The van der Waals surface area contributed by atoms with E-state index >= 15 is 0 Å². The van der Waals surface area contributed by atoms with Crippen LogP contribution in [0.4, 0.5) is 4.39 Å². The zero-order valence-electron chi connectivity index (χ0n) is 14.9. The molecule has 1 heterocycles. The summed E-state index contributed by atoms with van der Waals surface area (Å²) in [6, 6.07) is 6.97. The van der Waals surface area contributed by atoms with Gasteiger partial charge in [0.2, 0.25) is 5.91 Å². The number of carbonyl (C=O) groups excluding carboxylic acids is 1. The van der Waals surface area contributed by atoms with Crippen molar-refractivity contribution >= 4 is 35.8 Å². The quantitative estimate of drug-likeness (QED) is 0.372. The van der Waals surface area contributed by atoms with Gasteiger partial charge in [0.1, 0.15) is 5.82 Å². The lowest BCUT2D eigenvalue weighted by atomic mass is 10.1. The van der Waals surface area contributed by atoms with Crippen molar-refractivity contribution < 1.29 is 9.18 Å². The average molecular weight is 462 g/mol. The standard InChI is InChI=1S/C18H27FN4O.HI/c1-3-15(23-12-6-9-17(23)24)10-11-21-18(20-2)22-13-14-7-4-5-8-16(14)19;/h4-5,7-8,15H,3,6,9-13H2,1-2H3,(H2,20,21,22);1H. The maximum atomic E-state index is 13.6. The Bertz CT molecular complexity index is 582. The van der Waals surface area contributed by atoms with Crippen molar-refractivity contribution in [3.8, 4) is 0 Å². The Balaban J connectivity index is 0.00000312. The van der Waals surface area contributed by atoms with E-state index in [-0.39, 0.29) is 41.7 Å². The molecular weight excluding hydrogens is 434 g/mol. The molecule has 1 aromatic rings. The monoisotopic (exact) mass is 462 g/mol. The fourth-order valence-electron chi connectivity index (χ4n) is 3.03. The van der Waals surface area contributed by atoms with E-state index in [9.17, 15) is 9.18 Å². The molecule has 25 heavy (non-hydrogen) atoms. The van der Waals surface area contributed by atoms with Crippen molar-refractivity contribution in [3.63, 3.8) is 0 Å². The van der Waals surface area contributed by atoms with Gasteiger partial charge in [-0.05, 0) is 25.3 Å². The van der Waals surface area contributed by atoms with Gasteiger partial charge in [-0.3, -0.25) is 9.79 Å². The topological polar surface area (TPSA) is 56.7 Å². The van der Waals surface area contributed by atoms with Gasteiger partial charge in [0.15, 0.2) is 5.96 Å². The molecule has 140 valence electrons. The van der Waals surface area contributed by atoms with Crippen LogP contribution < -0.4 is 10.6 Å². The molecule has 1 fully saturated rings. The molecule has 1 atom stereocenters. The minimum absolute atomic E-state index is 0. The van der Waals surface area contributed by atoms with Crippen molar-refractivity contribution in [2.24, 2.45) is 4.99 Å². The summed E-state index contributed by atoms with van der Waals surface area (Å²) in [5.74, 6) is 0.684. The summed E-state index contributed by atoms with van der Waals surface area (Å²) in [6.07, 6.45) is 3.47. The molecule has 2 rings (SSSR count). The molecule has 5 nitrogen and oxygen atoms in total. The second kappa shape index (κ2) is 11.3. The summed E-state index contributed by atoms with van der Waals surface area (Å²) in [5.41, 5.74) is 0.606. The molecule has 1 unspecified atom stereocenters. The van der Waals surface area contributed by atoms with Crippen LogP contribution in [-0.4, -0.2) is 42.9 Å². The maximum absolute atomic E-state index is 13.6. The highest BCUT2D eigenvalue weighted by atomic mass is 127. The van der Waals surface area contributed by atoms with Gasteiger partial charge in [0.05, 0.1) is 0 Å². The maximum Gasteiger partial charge on any atom is 0.222 e. The number of benzene rings is 1. The average Bonchev–Trinajstić information content (AvgIpc) is 3.01. The molecule has 7 heteroatoms. The molecular formula is C18H28FIN4O. The molecule has 1 saturated heterocycles. The highest BCUT2D eigenvalue weighted by Gasteiger charge is 2.26. The summed E-state index contributed by atoms with van der Waals surface area (Å²) < 4.78 is 13.6. The Kier molecular flexibility index (Phi) is 9.77. The third-order valence-corrected chi connectivity index (χ3v) is 4.42. The van der Waals surface area contributed by atoms with E-state index < -0.39 is 0 Å². The summed E-state index contributed by atoms with van der Waals surface area (Å²) in [4.78, 5) is 18.0. The van der Waals surface area contributed by atoms with Crippen LogP contribution in [0.3, 0.4) is 0 Å².